The Labute approximate surface area is 129 Å². The summed E-state index contributed by atoms with van der Waals surface area (Å²) < 4.78 is 1.78. The topological polar surface area (TPSA) is 55.1 Å². The van der Waals surface area contributed by atoms with Gasteiger partial charge in [-0.15, -0.1) is 0 Å². The molecule has 0 unspecified atom stereocenters. The number of carboxylic acid groups (broad SMARTS) is 1. The number of aromatic carboxylic acids is 1. The van der Waals surface area contributed by atoms with E-state index in [1.807, 2.05) is 12.3 Å². The molecule has 0 saturated carbocycles. The molecule has 1 aromatic heterocycles. The van der Waals surface area contributed by atoms with Gasteiger partial charge in [-0.1, -0.05) is 29.9 Å². The van der Waals surface area contributed by atoms with Crippen LogP contribution in [0, 0.1) is 0 Å². The number of aromatic nitrogens is 2. The second-order valence-corrected chi connectivity index (χ2v) is 5.49. The third-order valence-corrected chi connectivity index (χ3v) is 3.81. The van der Waals surface area contributed by atoms with Gasteiger partial charge in [-0.2, -0.15) is 5.10 Å². The van der Waals surface area contributed by atoms with E-state index in [1.54, 1.807) is 22.9 Å². The fourth-order valence-corrected chi connectivity index (χ4v) is 2.57. The molecule has 0 atom stereocenters. The largest absolute Gasteiger partial charge is 0.478 e. The molecule has 22 heavy (non-hydrogen) atoms. The minimum atomic E-state index is -0.924. The molecule has 1 aliphatic rings. The summed E-state index contributed by atoms with van der Waals surface area (Å²) in [6, 6.07) is 6.86. The maximum atomic E-state index is 11.1. The van der Waals surface area contributed by atoms with E-state index in [-0.39, 0.29) is 5.56 Å². The van der Waals surface area contributed by atoms with Crippen molar-refractivity contribution in [1.82, 2.24) is 9.78 Å². The number of carboxylic acids is 1. The number of carbonyl (C=O) groups is 1. The van der Waals surface area contributed by atoms with Crippen LogP contribution in [0.1, 0.15) is 35.0 Å². The summed E-state index contributed by atoms with van der Waals surface area (Å²) in [5.41, 5.74) is 4.58. The van der Waals surface area contributed by atoms with Crippen LogP contribution in [-0.4, -0.2) is 20.9 Å². The molecule has 0 aliphatic heterocycles. The maximum absolute atomic E-state index is 11.1. The lowest BCUT2D eigenvalue weighted by Crippen LogP contribution is -2.00. The highest BCUT2D eigenvalue weighted by Gasteiger charge is 2.11. The fourth-order valence-electron chi connectivity index (χ4n) is 2.57. The number of allylic oxidation sites excluding steroid dienone is 4. The molecule has 0 saturated heterocycles. The van der Waals surface area contributed by atoms with Crippen LogP contribution in [-0.2, 0) is 12.8 Å². The van der Waals surface area contributed by atoms with E-state index in [0.717, 1.165) is 30.6 Å². The van der Waals surface area contributed by atoms with Gasteiger partial charge in [-0.25, -0.2) is 9.48 Å². The van der Waals surface area contributed by atoms with E-state index in [0.29, 0.717) is 0 Å². The monoisotopic (exact) mass is 294 g/mol. The number of fused-ring (bicyclic) bond motifs is 1. The average molecular weight is 294 g/mol. The molecule has 1 heterocycles. The molecule has 4 heteroatoms. The van der Waals surface area contributed by atoms with Gasteiger partial charge in [0.2, 0.25) is 0 Å². The number of hydrogen-bond acceptors (Lipinski definition) is 2. The zero-order valence-electron chi connectivity index (χ0n) is 12.5. The summed E-state index contributed by atoms with van der Waals surface area (Å²) in [5.74, 6) is -0.924. The number of hydrogen-bond donors (Lipinski definition) is 1. The normalized spacial score (nSPS) is 14.5. The van der Waals surface area contributed by atoms with Gasteiger partial charge in [0.25, 0.3) is 0 Å². The first-order valence-electron chi connectivity index (χ1n) is 7.38. The Kier molecular flexibility index (Phi) is 3.92. The van der Waals surface area contributed by atoms with Crippen LogP contribution in [0.4, 0.5) is 0 Å². The zero-order valence-corrected chi connectivity index (χ0v) is 12.5. The van der Waals surface area contributed by atoms with E-state index in [1.165, 1.54) is 11.1 Å². The molecule has 3 rings (SSSR count). The van der Waals surface area contributed by atoms with Crippen molar-refractivity contribution in [3.63, 3.8) is 0 Å². The Hall–Kier alpha value is -2.62. The van der Waals surface area contributed by atoms with Crippen LogP contribution in [0.15, 0.2) is 54.3 Å². The van der Waals surface area contributed by atoms with Gasteiger partial charge in [0.05, 0.1) is 16.9 Å². The first kappa shape index (κ1) is 14.3. The van der Waals surface area contributed by atoms with Crippen LogP contribution >= 0.6 is 0 Å². The Balaban J connectivity index is 1.97. The third kappa shape index (κ3) is 3.01. The van der Waals surface area contributed by atoms with Crippen molar-refractivity contribution in [3.05, 3.63) is 71.1 Å². The van der Waals surface area contributed by atoms with Crippen molar-refractivity contribution in [2.45, 2.75) is 26.2 Å². The molecule has 0 fully saturated rings. The van der Waals surface area contributed by atoms with Gasteiger partial charge in [0.1, 0.15) is 0 Å². The molecule has 0 spiro atoms. The summed E-state index contributed by atoms with van der Waals surface area (Å²) in [4.78, 5) is 11.1. The molecule has 1 aromatic carbocycles. The first-order valence-corrected chi connectivity index (χ1v) is 7.38. The molecule has 0 amide bonds. The molecule has 2 aromatic rings. The van der Waals surface area contributed by atoms with Gasteiger partial charge in [0.15, 0.2) is 0 Å². The van der Waals surface area contributed by atoms with Crippen molar-refractivity contribution in [1.29, 1.82) is 0 Å². The number of nitrogens with zero attached hydrogens (tertiary/aromatic N) is 2. The van der Waals surface area contributed by atoms with Crippen LogP contribution in [0.2, 0.25) is 0 Å². The van der Waals surface area contributed by atoms with Crippen LogP contribution < -0.4 is 0 Å². The zero-order chi connectivity index (χ0) is 15.5. The maximum Gasteiger partial charge on any atom is 0.335 e. The average Bonchev–Trinajstić information content (AvgIpc) is 2.94. The van der Waals surface area contributed by atoms with Crippen molar-refractivity contribution in [2.75, 3.05) is 0 Å². The number of rotatable bonds is 2. The molecular weight excluding hydrogens is 276 g/mol. The second kappa shape index (κ2) is 6.02. The van der Waals surface area contributed by atoms with Crippen molar-refractivity contribution < 1.29 is 9.90 Å². The van der Waals surface area contributed by atoms with E-state index in [9.17, 15) is 4.79 Å². The Morgan fingerprint density at radius 2 is 2.23 bits per heavy atom. The van der Waals surface area contributed by atoms with Gasteiger partial charge in [-0.05, 0) is 43.5 Å². The minimum absolute atomic E-state index is 0.274. The van der Waals surface area contributed by atoms with Crippen molar-refractivity contribution in [3.8, 4) is 5.69 Å². The van der Waals surface area contributed by atoms with Crippen LogP contribution in [0.25, 0.3) is 5.69 Å². The molecule has 0 bridgehead atoms. The summed E-state index contributed by atoms with van der Waals surface area (Å²) in [6.45, 7) is 2.09. The predicted molar refractivity (Wildman–Crippen MR) is 85.4 cm³/mol. The standard InChI is InChI=1S/C18H18N2O2/c1-13-5-2-3-6-15-12-20(19-17(15)10-9-13)16-8-4-7-14(11-16)18(21)22/h2,4-5,7-9,11-12H,3,6,10H2,1H3,(H,21,22). The minimum Gasteiger partial charge on any atom is -0.478 e. The lowest BCUT2D eigenvalue weighted by Gasteiger charge is -2.02. The first-order chi connectivity index (χ1) is 10.6. The van der Waals surface area contributed by atoms with Crippen molar-refractivity contribution >= 4 is 5.97 Å². The smallest absolute Gasteiger partial charge is 0.335 e. The molecular formula is C18H18N2O2. The van der Waals surface area contributed by atoms with E-state index in [4.69, 9.17) is 5.11 Å². The number of aryl methyl sites for hydroxylation is 1. The quantitative estimate of drug-likeness (QED) is 0.921. The van der Waals surface area contributed by atoms with E-state index in [2.05, 4.69) is 30.3 Å². The lowest BCUT2D eigenvalue weighted by atomic mass is 10.1. The molecule has 0 radical (unpaired) electrons. The van der Waals surface area contributed by atoms with Gasteiger partial charge in [-0.3, -0.25) is 0 Å². The number of benzene rings is 1. The van der Waals surface area contributed by atoms with Gasteiger partial charge >= 0.3 is 5.97 Å². The summed E-state index contributed by atoms with van der Waals surface area (Å²) >= 11 is 0. The SMILES string of the molecule is CC1=CCc2nn(-c3cccc(C(=O)O)c3)cc2CCC=C1. The van der Waals surface area contributed by atoms with Gasteiger partial charge < -0.3 is 5.11 Å². The highest BCUT2D eigenvalue weighted by molar-refractivity contribution is 5.88. The summed E-state index contributed by atoms with van der Waals surface area (Å²) in [6.07, 6.45) is 11.3. The third-order valence-electron chi connectivity index (χ3n) is 3.81. The Morgan fingerprint density at radius 3 is 3.05 bits per heavy atom. The van der Waals surface area contributed by atoms with Gasteiger partial charge in [0, 0.05) is 12.6 Å². The Bertz CT molecular complexity index is 769. The highest BCUT2D eigenvalue weighted by atomic mass is 16.4. The van der Waals surface area contributed by atoms with Crippen LogP contribution in [0.3, 0.4) is 0 Å². The molecule has 1 N–H and O–H groups in total. The second-order valence-electron chi connectivity index (χ2n) is 5.49. The Morgan fingerprint density at radius 1 is 1.36 bits per heavy atom. The van der Waals surface area contributed by atoms with E-state index >= 15 is 0 Å². The molecule has 1 aliphatic carbocycles. The summed E-state index contributed by atoms with van der Waals surface area (Å²) in [7, 11) is 0. The highest BCUT2D eigenvalue weighted by Crippen LogP contribution is 2.18. The molecule has 4 nitrogen and oxygen atoms in total. The van der Waals surface area contributed by atoms with E-state index < -0.39 is 5.97 Å². The summed E-state index contributed by atoms with van der Waals surface area (Å²) in [5, 5.41) is 13.8. The lowest BCUT2D eigenvalue weighted by molar-refractivity contribution is 0.0697. The van der Waals surface area contributed by atoms with Crippen LogP contribution in [0.5, 0.6) is 0 Å². The van der Waals surface area contributed by atoms with Crippen molar-refractivity contribution in [2.24, 2.45) is 0 Å². The fraction of sp³-hybridized carbons (Fsp3) is 0.222. The molecule has 112 valence electrons. The predicted octanol–water partition coefficient (Wildman–Crippen LogP) is 3.56.